The summed E-state index contributed by atoms with van der Waals surface area (Å²) in [5.74, 6) is 0.742. The molecule has 0 bridgehead atoms. The average Bonchev–Trinajstić information content (AvgIpc) is 3.15. The van der Waals surface area contributed by atoms with E-state index < -0.39 is 0 Å². The van der Waals surface area contributed by atoms with Gasteiger partial charge in [-0.1, -0.05) is 23.7 Å². The number of rotatable bonds is 2. The van der Waals surface area contributed by atoms with Crippen molar-refractivity contribution in [1.82, 2.24) is 24.5 Å². The Morgan fingerprint density at radius 2 is 1.75 bits per heavy atom. The second kappa shape index (κ2) is 6.72. The summed E-state index contributed by atoms with van der Waals surface area (Å²) < 4.78 is 2.08. The number of piperazine rings is 1. The maximum absolute atomic E-state index is 6.46. The molecule has 6 nitrogen and oxygen atoms in total. The Morgan fingerprint density at radius 1 is 0.964 bits per heavy atom. The summed E-state index contributed by atoms with van der Waals surface area (Å²) >= 11 is 6.46. The first-order valence-electron chi connectivity index (χ1n) is 9.46. The molecule has 1 aliphatic rings. The highest BCUT2D eigenvalue weighted by atomic mass is 35.5. The summed E-state index contributed by atoms with van der Waals surface area (Å²) in [5.41, 5.74) is 5.61. The number of hydrogen-bond donors (Lipinski definition) is 0. The van der Waals surface area contributed by atoms with E-state index in [0.717, 1.165) is 59.9 Å². The highest BCUT2D eigenvalue weighted by molar-refractivity contribution is 6.33. The standard InChI is InChI=1S/C21H21ClN6/c1-14-20-24-25-21(16-5-3-4-6-17(16)22)28(20)19-13-15(7-8-18(19)23-14)27-11-9-26(2)10-12-27/h3-8,13H,9-12H2,1-2H3. The monoisotopic (exact) mass is 392 g/mol. The minimum absolute atomic E-state index is 0.662. The van der Waals surface area contributed by atoms with Crippen molar-refractivity contribution in [3.05, 3.63) is 53.2 Å². The number of aromatic nitrogens is 4. The van der Waals surface area contributed by atoms with E-state index in [9.17, 15) is 0 Å². The van der Waals surface area contributed by atoms with Crippen LogP contribution in [0.25, 0.3) is 28.1 Å². The van der Waals surface area contributed by atoms with Crippen LogP contribution in [0.2, 0.25) is 5.02 Å². The fourth-order valence-electron chi connectivity index (χ4n) is 3.84. The number of fused-ring (bicyclic) bond motifs is 3. The van der Waals surface area contributed by atoms with Gasteiger partial charge in [-0.2, -0.15) is 0 Å². The lowest BCUT2D eigenvalue weighted by atomic mass is 10.2. The molecular formula is C21H21ClN6. The van der Waals surface area contributed by atoms with Gasteiger partial charge in [-0.25, -0.2) is 4.98 Å². The number of nitrogens with zero attached hydrogens (tertiary/aromatic N) is 6. The molecule has 1 fully saturated rings. The van der Waals surface area contributed by atoms with E-state index in [2.05, 4.69) is 49.6 Å². The molecule has 0 amide bonds. The van der Waals surface area contributed by atoms with Crippen LogP contribution in [0.5, 0.6) is 0 Å². The van der Waals surface area contributed by atoms with Crippen molar-refractivity contribution in [2.45, 2.75) is 6.92 Å². The molecule has 0 aliphatic carbocycles. The van der Waals surface area contributed by atoms with Crippen LogP contribution < -0.4 is 4.90 Å². The van der Waals surface area contributed by atoms with E-state index in [1.54, 1.807) is 0 Å². The van der Waals surface area contributed by atoms with Crippen molar-refractivity contribution in [3.8, 4) is 11.4 Å². The zero-order valence-corrected chi connectivity index (χ0v) is 16.7. The first-order chi connectivity index (χ1) is 13.6. The van der Waals surface area contributed by atoms with Crippen LogP contribution in [0.4, 0.5) is 5.69 Å². The summed E-state index contributed by atoms with van der Waals surface area (Å²) in [6, 6.07) is 14.2. The van der Waals surface area contributed by atoms with Crippen LogP contribution in [0.1, 0.15) is 5.69 Å². The van der Waals surface area contributed by atoms with E-state index in [4.69, 9.17) is 16.6 Å². The van der Waals surface area contributed by atoms with E-state index in [1.807, 2.05) is 31.2 Å². The maximum Gasteiger partial charge on any atom is 0.183 e. The van der Waals surface area contributed by atoms with Gasteiger partial charge < -0.3 is 9.80 Å². The molecule has 0 radical (unpaired) electrons. The average molecular weight is 393 g/mol. The number of aryl methyl sites for hydroxylation is 1. The van der Waals surface area contributed by atoms with Crippen LogP contribution in [-0.4, -0.2) is 57.7 Å². The zero-order valence-electron chi connectivity index (χ0n) is 15.9. The largest absolute Gasteiger partial charge is 0.369 e. The van der Waals surface area contributed by atoms with Crippen LogP contribution in [0.15, 0.2) is 42.5 Å². The van der Waals surface area contributed by atoms with Crippen molar-refractivity contribution >= 4 is 34.0 Å². The van der Waals surface area contributed by atoms with Crippen molar-refractivity contribution in [2.24, 2.45) is 0 Å². The molecule has 0 atom stereocenters. The Hall–Kier alpha value is -2.70. The lowest BCUT2D eigenvalue weighted by molar-refractivity contribution is 0.313. The van der Waals surface area contributed by atoms with Crippen molar-refractivity contribution < 1.29 is 0 Å². The highest BCUT2D eigenvalue weighted by Gasteiger charge is 2.19. The SMILES string of the molecule is Cc1nc2ccc(N3CCN(C)CC3)cc2n2c(-c3ccccc3Cl)nnc12. The lowest BCUT2D eigenvalue weighted by Gasteiger charge is -2.34. The van der Waals surface area contributed by atoms with Gasteiger partial charge in [0.1, 0.15) is 0 Å². The topological polar surface area (TPSA) is 49.6 Å². The molecule has 0 unspecified atom stereocenters. The molecular weight excluding hydrogens is 372 g/mol. The number of anilines is 1. The highest BCUT2D eigenvalue weighted by Crippen LogP contribution is 2.31. The van der Waals surface area contributed by atoms with E-state index in [1.165, 1.54) is 5.69 Å². The zero-order chi connectivity index (χ0) is 19.3. The second-order valence-electron chi connectivity index (χ2n) is 7.32. The minimum Gasteiger partial charge on any atom is -0.369 e. The summed E-state index contributed by atoms with van der Waals surface area (Å²) in [5, 5.41) is 9.53. The molecule has 5 rings (SSSR count). The molecule has 7 heteroatoms. The Bertz CT molecular complexity index is 1180. The minimum atomic E-state index is 0.662. The van der Waals surface area contributed by atoms with E-state index in [0.29, 0.717) is 5.02 Å². The molecule has 28 heavy (non-hydrogen) atoms. The number of benzene rings is 2. The van der Waals surface area contributed by atoms with Gasteiger partial charge in [0.25, 0.3) is 0 Å². The van der Waals surface area contributed by atoms with Crippen LogP contribution in [-0.2, 0) is 0 Å². The Balaban J connectivity index is 1.74. The molecule has 0 spiro atoms. The number of halogens is 1. The van der Waals surface area contributed by atoms with Gasteiger partial charge in [0.05, 0.1) is 21.7 Å². The molecule has 2 aromatic carbocycles. The third kappa shape index (κ3) is 2.80. The molecule has 3 heterocycles. The fourth-order valence-corrected chi connectivity index (χ4v) is 4.06. The van der Waals surface area contributed by atoms with Crippen molar-refractivity contribution in [2.75, 3.05) is 38.1 Å². The molecule has 142 valence electrons. The van der Waals surface area contributed by atoms with Gasteiger partial charge in [-0.15, -0.1) is 10.2 Å². The summed E-state index contributed by atoms with van der Waals surface area (Å²) in [6.45, 7) is 6.14. The van der Waals surface area contributed by atoms with E-state index in [-0.39, 0.29) is 0 Å². The molecule has 0 saturated carbocycles. The van der Waals surface area contributed by atoms with Crippen molar-refractivity contribution in [1.29, 1.82) is 0 Å². The van der Waals surface area contributed by atoms with Gasteiger partial charge in [-0.3, -0.25) is 4.40 Å². The Morgan fingerprint density at radius 3 is 2.54 bits per heavy atom. The van der Waals surface area contributed by atoms with Crippen molar-refractivity contribution in [3.63, 3.8) is 0 Å². The third-order valence-electron chi connectivity index (χ3n) is 5.46. The second-order valence-corrected chi connectivity index (χ2v) is 7.73. The first kappa shape index (κ1) is 17.4. The molecule has 2 aromatic heterocycles. The third-order valence-corrected chi connectivity index (χ3v) is 5.79. The molecule has 1 saturated heterocycles. The molecule has 4 aromatic rings. The normalized spacial score (nSPS) is 15.6. The van der Waals surface area contributed by atoms with Crippen LogP contribution >= 0.6 is 11.6 Å². The molecule has 0 N–H and O–H groups in total. The summed E-state index contributed by atoms with van der Waals surface area (Å²) in [4.78, 5) is 9.53. The van der Waals surface area contributed by atoms with E-state index >= 15 is 0 Å². The number of likely N-dealkylation sites (N-methyl/N-ethyl adjacent to an activating group) is 1. The van der Waals surface area contributed by atoms with Gasteiger partial charge >= 0.3 is 0 Å². The van der Waals surface area contributed by atoms with Gasteiger partial charge in [-0.05, 0) is 44.3 Å². The van der Waals surface area contributed by atoms with Crippen LogP contribution in [0, 0.1) is 6.92 Å². The Labute approximate surface area is 168 Å². The molecule has 1 aliphatic heterocycles. The fraction of sp³-hybridized carbons (Fsp3) is 0.286. The smallest absolute Gasteiger partial charge is 0.183 e. The quantitative estimate of drug-likeness (QED) is 0.521. The van der Waals surface area contributed by atoms with Crippen LogP contribution in [0.3, 0.4) is 0 Å². The predicted octanol–water partition coefficient (Wildman–Crippen LogP) is 3.66. The van der Waals surface area contributed by atoms with Gasteiger partial charge in [0, 0.05) is 37.4 Å². The lowest BCUT2D eigenvalue weighted by Crippen LogP contribution is -2.44. The number of hydrogen-bond acceptors (Lipinski definition) is 5. The predicted molar refractivity (Wildman–Crippen MR) is 113 cm³/mol. The summed E-state index contributed by atoms with van der Waals surface area (Å²) in [6.07, 6.45) is 0. The maximum atomic E-state index is 6.46. The Kier molecular flexibility index (Phi) is 4.18. The van der Waals surface area contributed by atoms with Gasteiger partial charge in [0.2, 0.25) is 0 Å². The van der Waals surface area contributed by atoms with Gasteiger partial charge in [0.15, 0.2) is 11.5 Å². The summed E-state index contributed by atoms with van der Waals surface area (Å²) in [7, 11) is 2.17. The first-order valence-corrected chi connectivity index (χ1v) is 9.83.